The fourth-order valence-corrected chi connectivity index (χ4v) is 8.09. The molecule has 0 aliphatic heterocycles. The molecule has 5 N–H and O–H groups in total. The molecule has 9 rings (SSSR count). The van der Waals surface area contributed by atoms with Crippen molar-refractivity contribution in [3.8, 4) is 11.1 Å². The van der Waals surface area contributed by atoms with E-state index in [9.17, 15) is 25.5 Å². The Hall–Kier alpha value is -5.56. The number of hydrogen-bond acceptors (Lipinski definition) is 6. The Balaban J connectivity index is 1.36. The number of para-hydroxylation sites is 1. The summed E-state index contributed by atoms with van der Waals surface area (Å²) in [6.45, 7) is 0. The van der Waals surface area contributed by atoms with E-state index >= 15 is 0 Å². The lowest BCUT2D eigenvalue weighted by Crippen LogP contribution is -2.35. The van der Waals surface area contributed by atoms with Gasteiger partial charge < -0.3 is 29.9 Å². The van der Waals surface area contributed by atoms with Crippen molar-refractivity contribution in [2.75, 3.05) is 0 Å². The topological polar surface area (TPSA) is 114 Å². The van der Waals surface area contributed by atoms with Gasteiger partial charge in [-0.2, -0.15) is 0 Å². The monoisotopic (exact) mass is 632 g/mol. The van der Waals surface area contributed by atoms with E-state index in [1.165, 1.54) is 11.1 Å². The van der Waals surface area contributed by atoms with E-state index in [0.29, 0.717) is 12.0 Å². The van der Waals surface area contributed by atoms with Crippen molar-refractivity contribution in [3.63, 3.8) is 0 Å². The maximum Gasteiger partial charge on any atom is 0.167 e. The molecule has 236 valence electrons. The zero-order valence-electron chi connectivity index (χ0n) is 25.9. The standard InChI is InChI=1S/C42H32O6/c43-38-37(39(44)41(46)42(47)40(38)45)36-28-14-5-3-12-26(28)34(27-13-4-6-15-29(27)36)31-21-23(20-22-10-1-2-11-24(22)31)25-17-9-19-33-35(25)30-16-7-8-18-32(30)48-33/h1-3,5-12,14-16,18-21,25,40,42-47H,4,13,17H2. The number of aliphatic hydroxyl groups excluding tert-OH is 5. The zero-order valence-corrected chi connectivity index (χ0v) is 25.9. The summed E-state index contributed by atoms with van der Waals surface area (Å²) in [6.07, 6.45) is 7.05. The highest BCUT2D eigenvalue weighted by Crippen LogP contribution is 2.49. The van der Waals surface area contributed by atoms with Crippen LogP contribution in [0.15, 0.2) is 119 Å². The molecule has 1 aromatic heterocycles. The SMILES string of the molecule is OC1=C(O)C(O)C(O)C(O)=C1c1c2c(c(-c3cc(C4CC=Cc5oc6ccccc6c54)cc4ccccc34)c3ccccc13)CCC=C2. The van der Waals surface area contributed by atoms with Gasteiger partial charge in [0, 0.05) is 22.4 Å². The minimum atomic E-state index is -1.83. The second-order valence-corrected chi connectivity index (χ2v) is 12.9. The zero-order chi connectivity index (χ0) is 32.7. The van der Waals surface area contributed by atoms with Gasteiger partial charge in [0.1, 0.15) is 29.3 Å². The van der Waals surface area contributed by atoms with Gasteiger partial charge in [-0.25, -0.2) is 0 Å². The Morgan fingerprint density at radius 2 is 1.35 bits per heavy atom. The van der Waals surface area contributed by atoms with Crippen LogP contribution in [0.3, 0.4) is 0 Å². The normalized spacial score (nSPS) is 20.6. The highest BCUT2D eigenvalue weighted by molar-refractivity contribution is 6.13. The second kappa shape index (κ2) is 10.7. The van der Waals surface area contributed by atoms with Crippen molar-refractivity contribution < 1.29 is 29.9 Å². The number of aliphatic hydroxyl groups is 5. The highest BCUT2D eigenvalue weighted by Gasteiger charge is 2.39. The summed E-state index contributed by atoms with van der Waals surface area (Å²) in [4.78, 5) is 0. The first-order valence-electron chi connectivity index (χ1n) is 16.3. The maximum atomic E-state index is 11.2. The molecule has 0 fully saturated rings. The first kappa shape index (κ1) is 28.6. The lowest BCUT2D eigenvalue weighted by Gasteiger charge is -2.30. The van der Waals surface area contributed by atoms with Gasteiger partial charge in [-0.05, 0) is 86.8 Å². The predicted molar refractivity (Wildman–Crippen MR) is 190 cm³/mol. The summed E-state index contributed by atoms with van der Waals surface area (Å²) in [5.41, 5.74) is 7.66. The van der Waals surface area contributed by atoms with E-state index in [0.717, 1.165) is 73.4 Å². The van der Waals surface area contributed by atoms with E-state index in [4.69, 9.17) is 4.42 Å². The predicted octanol–water partition coefficient (Wildman–Crippen LogP) is 9.25. The summed E-state index contributed by atoms with van der Waals surface area (Å²) < 4.78 is 6.29. The Labute approximate surface area is 276 Å². The summed E-state index contributed by atoms with van der Waals surface area (Å²) in [5, 5.41) is 58.9. The van der Waals surface area contributed by atoms with Gasteiger partial charge >= 0.3 is 0 Å². The Bertz CT molecular complexity index is 2460. The lowest BCUT2D eigenvalue weighted by molar-refractivity contribution is 0.00947. The molecule has 3 atom stereocenters. The smallest absolute Gasteiger partial charge is 0.167 e. The van der Waals surface area contributed by atoms with Crippen molar-refractivity contribution in [3.05, 3.63) is 148 Å². The molecule has 1 heterocycles. The van der Waals surface area contributed by atoms with Gasteiger partial charge in [-0.15, -0.1) is 0 Å². The molecule has 0 saturated carbocycles. The van der Waals surface area contributed by atoms with Gasteiger partial charge in [-0.1, -0.05) is 91.0 Å². The van der Waals surface area contributed by atoms with Crippen molar-refractivity contribution in [2.24, 2.45) is 0 Å². The van der Waals surface area contributed by atoms with E-state index in [-0.39, 0.29) is 11.5 Å². The molecule has 48 heavy (non-hydrogen) atoms. The van der Waals surface area contributed by atoms with Crippen molar-refractivity contribution in [1.29, 1.82) is 0 Å². The molecule has 0 spiro atoms. The molecule has 0 amide bonds. The molecule has 0 radical (unpaired) electrons. The maximum absolute atomic E-state index is 11.2. The molecular weight excluding hydrogens is 600 g/mol. The van der Waals surface area contributed by atoms with Crippen LogP contribution < -0.4 is 0 Å². The number of hydrogen-bond donors (Lipinski definition) is 5. The average molecular weight is 633 g/mol. The summed E-state index contributed by atoms with van der Waals surface area (Å²) in [6, 6.07) is 29.1. The van der Waals surface area contributed by atoms with Crippen molar-refractivity contribution >= 4 is 50.2 Å². The molecule has 0 saturated heterocycles. The molecule has 6 heteroatoms. The number of furan rings is 1. The van der Waals surface area contributed by atoms with Gasteiger partial charge in [-0.3, -0.25) is 0 Å². The fourth-order valence-electron chi connectivity index (χ4n) is 8.09. The third-order valence-corrected chi connectivity index (χ3v) is 10.3. The van der Waals surface area contributed by atoms with Crippen LogP contribution in [-0.4, -0.2) is 37.7 Å². The second-order valence-electron chi connectivity index (χ2n) is 12.9. The van der Waals surface area contributed by atoms with Crippen LogP contribution in [-0.2, 0) is 6.42 Å². The van der Waals surface area contributed by atoms with Crippen molar-refractivity contribution in [1.82, 2.24) is 0 Å². The first-order valence-corrected chi connectivity index (χ1v) is 16.3. The summed E-state index contributed by atoms with van der Waals surface area (Å²) in [5.74, 6) is -1.03. The van der Waals surface area contributed by atoms with E-state index < -0.39 is 29.5 Å². The Kier molecular flexibility index (Phi) is 6.41. The number of rotatable bonds is 3. The van der Waals surface area contributed by atoms with Gasteiger partial charge in [0.2, 0.25) is 0 Å². The molecule has 6 nitrogen and oxygen atoms in total. The summed E-state index contributed by atoms with van der Waals surface area (Å²) >= 11 is 0. The minimum Gasteiger partial charge on any atom is -0.509 e. The molecule has 3 aliphatic carbocycles. The molecule has 6 aromatic rings. The largest absolute Gasteiger partial charge is 0.509 e. The van der Waals surface area contributed by atoms with Crippen LogP contribution in [0.5, 0.6) is 0 Å². The van der Waals surface area contributed by atoms with Crippen LogP contribution in [0.25, 0.3) is 61.4 Å². The van der Waals surface area contributed by atoms with Gasteiger partial charge in [0.15, 0.2) is 11.5 Å². The minimum absolute atomic E-state index is 0.0807. The highest BCUT2D eigenvalue weighted by atomic mass is 16.4. The first-order chi connectivity index (χ1) is 23.4. The lowest BCUT2D eigenvalue weighted by atomic mass is 9.76. The quantitative estimate of drug-likeness (QED) is 0.133. The average Bonchev–Trinajstić information content (AvgIpc) is 3.51. The molecule has 0 bridgehead atoms. The van der Waals surface area contributed by atoms with Crippen LogP contribution >= 0.6 is 0 Å². The number of benzene rings is 5. The number of fused-ring (bicyclic) bond motifs is 6. The summed E-state index contributed by atoms with van der Waals surface area (Å²) in [7, 11) is 0. The number of allylic oxidation sites excluding steroid dienone is 3. The Morgan fingerprint density at radius 3 is 2.17 bits per heavy atom. The molecule has 3 aliphatic rings. The third-order valence-electron chi connectivity index (χ3n) is 10.3. The van der Waals surface area contributed by atoms with Crippen LogP contribution in [0, 0.1) is 0 Å². The fraction of sp³-hybridized carbons (Fsp3) is 0.143. The van der Waals surface area contributed by atoms with Crippen LogP contribution in [0.2, 0.25) is 0 Å². The van der Waals surface area contributed by atoms with Crippen molar-refractivity contribution in [2.45, 2.75) is 37.4 Å². The van der Waals surface area contributed by atoms with E-state index in [1.54, 1.807) is 0 Å². The van der Waals surface area contributed by atoms with Gasteiger partial charge in [0.05, 0.1) is 5.57 Å². The third kappa shape index (κ3) is 4.06. The molecular formula is C42H32O6. The van der Waals surface area contributed by atoms with Crippen LogP contribution in [0.4, 0.5) is 0 Å². The molecule has 3 unspecified atom stereocenters. The Morgan fingerprint density at radius 1 is 0.667 bits per heavy atom. The van der Waals surface area contributed by atoms with E-state index in [2.05, 4.69) is 66.8 Å². The molecule has 5 aromatic carbocycles. The van der Waals surface area contributed by atoms with Gasteiger partial charge in [0.25, 0.3) is 0 Å². The van der Waals surface area contributed by atoms with Crippen LogP contribution in [0.1, 0.15) is 52.3 Å². The van der Waals surface area contributed by atoms with E-state index in [1.807, 2.05) is 42.5 Å².